The number of nitrogens with one attached hydrogen (secondary N) is 4. The topological polar surface area (TPSA) is 81.4 Å². The summed E-state index contributed by atoms with van der Waals surface area (Å²) in [5.74, 6) is 2.25. The zero-order valence-corrected chi connectivity index (χ0v) is 19.8. The molecule has 5 atom stereocenters. The molecule has 0 radical (unpaired) electrons. The highest BCUT2D eigenvalue weighted by atomic mass is 15.1. The number of hydrogen-bond donors (Lipinski definition) is 4. The molecule has 6 nitrogen and oxygen atoms in total. The van der Waals surface area contributed by atoms with Crippen LogP contribution in [0.4, 0.5) is 0 Å². The quantitative estimate of drug-likeness (QED) is 0.446. The first-order valence-corrected chi connectivity index (χ1v) is 13.4. The van der Waals surface area contributed by atoms with Crippen LogP contribution in [0.3, 0.4) is 0 Å². The predicted octanol–water partition coefficient (Wildman–Crippen LogP) is 4.80. The molecule has 2 saturated heterocycles. The van der Waals surface area contributed by atoms with E-state index in [9.17, 15) is 0 Å². The molecule has 2 aromatic heterocycles. The Labute approximate surface area is 200 Å². The van der Waals surface area contributed by atoms with E-state index in [0.717, 1.165) is 30.4 Å². The minimum Gasteiger partial charge on any atom is -0.344 e. The molecule has 5 aliphatic rings. The standard InChI is InChI=1S/C28H34N6/c1-3-20(29-13-1)24-31-15-22(33-24)18-5-7-19(8-6-18)27-10-9-26(11-12-28(26,27)17-27)23-16-32-25(34-23)21-4-2-14-30-21/h5-8,15-16,20-21,29-30H,1-4,9-14,17H2,(H,31,33)(H,32,34)/t20-,21?,26?,27?,28?/m0/s1. The summed E-state index contributed by atoms with van der Waals surface area (Å²) in [5, 5.41) is 7.14. The van der Waals surface area contributed by atoms with Gasteiger partial charge in [0.1, 0.15) is 11.6 Å². The van der Waals surface area contributed by atoms with Crippen LogP contribution in [0.2, 0.25) is 0 Å². The van der Waals surface area contributed by atoms with Crippen molar-refractivity contribution >= 4 is 0 Å². The van der Waals surface area contributed by atoms with Crippen molar-refractivity contribution in [3.63, 3.8) is 0 Å². The Morgan fingerprint density at radius 3 is 2.09 bits per heavy atom. The van der Waals surface area contributed by atoms with Gasteiger partial charge in [0.25, 0.3) is 0 Å². The second-order valence-electron chi connectivity index (χ2n) is 11.7. The van der Waals surface area contributed by atoms with Gasteiger partial charge in [-0.25, -0.2) is 9.97 Å². The number of aromatic amines is 2. The number of aromatic nitrogens is 4. The van der Waals surface area contributed by atoms with E-state index in [2.05, 4.69) is 56.0 Å². The molecule has 1 aromatic carbocycles. The number of imidazole rings is 2. The third kappa shape index (κ3) is 2.43. The third-order valence-corrected chi connectivity index (χ3v) is 10.5. The monoisotopic (exact) mass is 454 g/mol. The fraction of sp³-hybridized carbons (Fsp3) is 0.571. The highest BCUT2D eigenvalue weighted by molar-refractivity contribution is 5.61. The van der Waals surface area contributed by atoms with E-state index in [1.54, 1.807) is 5.56 Å². The summed E-state index contributed by atoms with van der Waals surface area (Å²) >= 11 is 0. The van der Waals surface area contributed by atoms with Crippen molar-refractivity contribution in [1.82, 2.24) is 30.6 Å². The van der Waals surface area contributed by atoms with Crippen LogP contribution >= 0.6 is 0 Å². The molecule has 0 bridgehead atoms. The lowest BCUT2D eigenvalue weighted by Crippen LogP contribution is -2.45. The van der Waals surface area contributed by atoms with Crippen molar-refractivity contribution in [1.29, 1.82) is 0 Å². The SMILES string of the molecule is c1cc(C23CCC4(c5cnc(C6CCCN6)[nH]5)CCC24C3)ccc1-c1cnc([C@@H]2CCCN2)[nH]1. The van der Waals surface area contributed by atoms with E-state index in [-0.39, 0.29) is 0 Å². The molecule has 2 aliphatic heterocycles. The summed E-state index contributed by atoms with van der Waals surface area (Å²) in [5.41, 5.74) is 6.48. The Hall–Kier alpha value is -2.44. The van der Waals surface area contributed by atoms with Crippen molar-refractivity contribution in [3.8, 4) is 11.3 Å². The molecule has 4 unspecified atom stereocenters. The predicted molar refractivity (Wildman–Crippen MR) is 131 cm³/mol. The van der Waals surface area contributed by atoms with Crippen LogP contribution in [0.25, 0.3) is 11.3 Å². The second-order valence-corrected chi connectivity index (χ2v) is 11.7. The maximum Gasteiger partial charge on any atom is 0.123 e. The van der Waals surface area contributed by atoms with Gasteiger partial charge in [0.15, 0.2) is 0 Å². The Kier molecular flexibility index (Phi) is 3.98. The van der Waals surface area contributed by atoms with E-state index in [4.69, 9.17) is 4.98 Å². The minimum absolute atomic E-state index is 0.322. The fourth-order valence-corrected chi connectivity index (χ4v) is 8.54. The Bertz CT molecular complexity index is 1230. The fourth-order valence-electron chi connectivity index (χ4n) is 8.54. The van der Waals surface area contributed by atoms with Gasteiger partial charge in [0.05, 0.1) is 24.0 Å². The number of benzene rings is 1. The largest absolute Gasteiger partial charge is 0.344 e. The molecule has 3 saturated carbocycles. The zero-order chi connectivity index (χ0) is 22.4. The third-order valence-electron chi connectivity index (χ3n) is 10.5. The minimum atomic E-state index is 0.322. The molecule has 0 amide bonds. The van der Waals surface area contributed by atoms with Gasteiger partial charge in [-0.05, 0) is 87.4 Å². The maximum absolute atomic E-state index is 4.85. The Morgan fingerprint density at radius 2 is 1.41 bits per heavy atom. The molecule has 6 heteroatoms. The van der Waals surface area contributed by atoms with Crippen molar-refractivity contribution in [3.05, 3.63) is 59.6 Å². The van der Waals surface area contributed by atoms with Crippen LogP contribution in [-0.4, -0.2) is 33.0 Å². The summed E-state index contributed by atoms with van der Waals surface area (Å²) in [6.45, 7) is 2.21. The molecule has 4 heterocycles. The molecule has 3 aromatic rings. The van der Waals surface area contributed by atoms with Crippen molar-refractivity contribution < 1.29 is 0 Å². The van der Waals surface area contributed by atoms with Crippen LogP contribution in [0, 0.1) is 5.41 Å². The summed E-state index contributed by atoms with van der Waals surface area (Å²) < 4.78 is 0. The molecular formula is C28H34N6. The van der Waals surface area contributed by atoms with Crippen molar-refractivity contribution in [2.45, 2.75) is 80.7 Å². The van der Waals surface area contributed by atoms with Gasteiger partial charge in [0.2, 0.25) is 0 Å². The molecule has 4 N–H and O–H groups in total. The van der Waals surface area contributed by atoms with Crippen LogP contribution in [0.1, 0.15) is 92.8 Å². The van der Waals surface area contributed by atoms with Gasteiger partial charge in [-0.3, -0.25) is 0 Å². The maximum atomic E-state index is 4.85. The Morgan fingerprint density at radius 1 is 0.735 bits per heavy atom. The van der Waals surface area contributed by atoms with Gasteiger partial charge in [-0.1, -0.05) is 24.3 Å². The molecule has 34 heavy (non-hydrogen) atoms. The summed E-state index contributed by atoms with van der Waals surface area (Å²) in [6, 6.07) is 10.3. The van der Waals surface area contributed by atoms with Crippen molar-refractivity contribution in [2.24, 2.45) is 5.41 Å². The van der Waals surface area contributed by atoms with Gasteiger partial charge in [0, 0.05) is 22.7 Å². The van der Waals surface area contributed by atoms with Gasteiger partial charge >= 0.3 is 0 Å². The molecule has 3 aliphatic carbocycles. The van der Waals surface area contributed by atoms with Gasteiger partial charge in [-0.15, -0.1) is 0 Å². The normalized spacial score (nSPS) is 38.0. The van der Waals surface area contributed by atoms with E-state index in [1.807, 2.05) is 6.20 Å². The summed E-state index contributed by atoms with van der Waals surface area (Å²) in [4.78, 5) is 16.9. The smallest absolute Gasteiger partial charge is 0.123 e. The van der Waals surface area contributed by atoms with Gasteiger partial charge < -0.3 is 20.6 Å². The number of nitrogens with zero attached hydrogens (tertiary/aromatic N) is 2. The zero-order valence-electron chi connectivity index (χ0n) is 19.8. The van der Waals surface area contributed by atoms with Crippen LogP contribution in [0.15, 0.2) is 36.7 Å². The van der Waals surface area contributed by atoms with E-state index in [0.29, 0.717) is 28.3 Å². The molecule has 5 fully saturated rings. The Balaban J connectivity index is 1.05. The number of hydrogen-bond acceptors (Lipinski definition) is 4. The highest BCUT2D eigenvalue weighted by Crippen LogP contribution is 2.88. The van der Waals surface area contributed by atoms with E-state index < -0.39 is 0 Å². The van der Waals surface area contributed by atoms with E-state index in [1.165, 1.54) is 69.0 Å². The molecule has 176 valence electrons. The lowest BCUT2D eigenvalue weighted by Gasteiger charge is -2.48. The molecular weight excluding hydrogens is 420 g/mol. The van der Waals surface area contributed by atoms with Gasteiger partial charge in [-0.2, -0.15) is 0 Å². The molecule has 1 spiro atoms. The highest BCUT2D eigenvalue weighted by Gasteiger charge is 2.84. The van der Waals surface area contributed by atoms with Crippen LogP contribution < -0.4 is 10.6 Å². The first kappa shape index (κ1) is 19.8. The number of rotatable bonds is 5. The average Bonchev–Trinajstić information content (AvgIpc) is 3.55. The lowest BCUT2D eigenvalue weighted by atomic mass is 9.55. The lowest BCUT2D eigenvalue weighted by molar-refractivity contribution is 0.100. The van der Waals surface area contributed by atoms with Crippen LogP contribution in [0.5, 0.6) is 0 Å². The summed E-state index contributed by atoms with van der Waals surface area (Å²) in [7, 11) is 0. The molecule has 8 rings (SSSR count). The first-order valence-electron chi connectivity index (χ1n) is 13.4. The van der Waals surface area contributed by atoms with Crippen LogP contribution in [-0.2, 0) is 10.8 Å². The summed E-state index contributed by atoms with van der Waals surface area (Å²) in [6.07, 6.45) is 15.7. The first-order chi connectivity index (χ1) is 16.7. The number of H-pyrrole nitrogens is 2. The van der Waals surface area contributed by atoms with Crippen molar-refractivity contribution in [2.75, 3.05) is 13.1 Å². The average molecular weight is 455 g/mol. The second kappa shape index (κ2) is 6.82. The van der Waals surface area contributed by atoms with E-state index >= 15 is 0 Å².